The molecule has 12 heavy (non-hydrogen) atoms. The van der Waals surface area contributed by atoms with E-state index >= 15 is 0 Å². The van der Waals surface area contributed by atoms with Gasteiger partial charge in [-0.1, -0.05) is 0 Å². The lowest BCUT2D eigenvalue weighted by Gasteiger charge is -2.13. The maximum absolute atomic E-state index is 10.9. The largest absolute Gasteiger partial charge is 0.467 e. The summed E-state index contributed by atoms with van der Waals surface area (Å²) in [6, 6.07) is -0.401. The predicted octanol–water partition coefficient (Wildman–Crippen LogP) is 0.0319. The number of ether oxygens (including phenoxy) is 1. The number of methoxy groups -OCH3 is 1. The molecule has 0 spiro atoms. The zero-order valence-corrected chi connectivity index (χ0v) is 8.33. The molecular formula is C7H14N2O2S. The zero-order chi connectivity index (χ0) is 9.56. The summed E-state index contributed by atoms with van der Waals surface area (Å²) >= 11 is 4.87. The van der Waals surface area contributed by atoms with E-state index in [4.69, 9.17) is 12.2 Å². The molecule has 0 aliphatic rings. The lowest BCUT2D eigenvalue weighted by Crippen LogP contribution is -2.44. The van der Waals surface area contributed by atoms with Crippen molar-refractivity contribution in [1.29, 1.82) is 0 Å². The molecule has 5 heteroatoms. The van der Waals surface area contributed by atoms with E-state index < -0.39 is 6.04 Å². The number of hydrogen-bond acceptors (Lipinski definition) is 3. The Bertz CT molecular complexity index is 173. The smallest absolute Gasteiger partial charge is 0.328 e. The van der Waals surface area contributed by atoms with Crippen molar-refractivity contribution in [3.63, 3.8) is 0 Å². The molecule has 1 atom stereocenters. The summed E-state index contributed by atoms with van der Waals surface area (Å²) in [6.07, 6.45) is 0. The monoisotopic (exact) mass is 190 g/mol. The molecule has 0 aliphatic heterocycles. The van der Waals surface area contributed by atoms with Crippen molar-refractivity contribution < 1.29 is 9.53 Å². The van der Waals surface area contributed by atoms with Gasteiger partial charge in [-0.25, -0.2) is 4.79 Å². The highest BCUT2D eigenvalue weighted by molar-refractivity contribution is 7.80. The maximum atomic E-state index is 10.9. The van der Waals surface area contributed by atoms with Crippen molar-refractivity contribution >= 4 is 23.3 Å². The van der Waals surface area contributed by atoms with Crippen LogP contribution in [0.2, 0.25) is 0 Å². The third kappa shape index (κ3) is 4.12. The van der Waals surface area contributed by atoms with Crippen LogP contribution >= 0.6 is 12.2 Å². The van der Waals surface area contributed by atoms with Gasteiger partial charge in [0, 0.05) is 6.54 Å². The summed E-state index contributed by atoms with van der Waals surface area (Å²) in [5, 5.41) is 6.11. The highest BCUT2D eigenvalue weighted by Gasteiger charge is 2.12. The summed E-state index contributed by atoms with van der Waals surface area (Å²) in [6.45, 7) is 4.35. The summed E-state index contributed by atoms with van der Waals surface area (Å²) in [5.41, 5.74) is 0. The number of thiocarbonyl (C=S) groups is 1. The van der Waals surface area contributed by atoms with Crippen molar-refractivity contribution in [3.05, 3.63) is 0 Å². The first-order valence-electron chi connectivity index (χ1n) is 3.74. The molecule has 0 amide bonds. The van der Waals surface area contributed by atoms with E-state index in [2.05, 4.69) is 15.4 Å². The second kappa shape index (κ2) is 5.77. The molecule has 0 aromatic heterocycles. The van der Waals surface area contributed by atoms with Crippen LogP contribution in [0, 0.1) is 0 Å². The summed E-state index contributed by atoms with van der Waals surface area (Å²) in [5.74, 6) is -0.324. The van der Waals surface area contributed by atoms with Crippen molar-refractivity contribution in [2.45, 2.75) is 19.9 Å². The van der Waals surface area contributed by atoms with Gasteiger partial charge >= 0.3 is 5.97 Å². The van der Waals surface area contributed by atoms with E-state index in [0.717, 1.165) is 6.54 Å². The van der Waals surface area contributed by atoms with Crippen LogP contribution in [0.1, 0.15) is 13.8 Å². The number of carbonyl (C=O) groups is 1. The molecule has 70 valence electrons. The van der Waals surface area contributed by atoms with Gasteiger partial charge in [0.1, 0.15) is 6.04 Å². The first-order valence-corrected chi connectivity index (χ1v) is 4.14. The number of esters is 1. The topological polar surface area (TPSA) is 50.4 Å². The van der Waals surface area contributed by atoms with E-state index in [-0.39, 0.29) is 5.97 Å². The minimum absolute atomic E-state index is 0.324. The molecular weight excluding hydrogens is 176 g/mol. The average molecular weight is 190 g/mol. The fourth-order valence-corrected chi connectivity index (χ4v) is 0.965. The average Bonchev–Trinajstić information content (AvgIpc) is 2.03. The molecule has 0 saturated carbocycles. The van der Waals surface area contributed by atoms with Gasteiger partial charge in [0.15, 0.2) is 5.11 Å². The zero-order valence-electron chi connectivity index (χ0n) is 7.51. The molecule has 0 saturated heterocycles. The standard InChI is InChI=1S/C7H14N2O2S/c1-4-8-7(12)9-5(2)6(10)11-3/h5H,4H2,1-3H3,(H2,8,9,12). The van der Waals surface area contributed by atoms with Gasteiger partial charge in [0.05, 0.1) is 7.11 Å². The van der Waals surface area contributed by atoms with Crippen LogP contribution in [0.25, 0.3) is 0 Å². The summed E-state index contributed by atoms with van der Waals surface area (Å²) in [7, 11) is 1.34. The van der Waals surface area contributed by atoms with Crippen molar-refractivity contribution in [2.24, 2.45) is 0 Å². The first-order chi connectivity index (χ1) is 5.61. The molecule has 0 aromatic carbocycles. The Morgan fingerprint density at radius 2 is 2.25 bits per heavy atom. The Kier molecular flexibility index (Phi) is 5.36. The Morgan fingerprint density at radius 3 is 2.67 bits per heavy atom. The Labute approximate surface area is 77.7 Å². The van der Waals surface area contributed by atoms with E-state index in [1.807, 2.05) is 6.92 Å². The quantitative estimate of drug-likeness (QED) is 0.486. The number of rotatable bonds is 3. The third-order valence-electron chi connectivity index (χ3n) is 1.24. The van der Waals surface area contributed by atoms with Crippen LogP contribution < -0.4 is 10.6 Å². The van der Waals surface area contributed by atoms with Crippen LogP contribution in [0.15, 0.2) is 0 Å². The molecule has 0 radical (unpaired) electrons. The van der Waals surface area contributed by atoms with Gasteiger partial charge in [-0.2, -0.15) is 0 Å². The van der Waals surface area contributed by atoms with Gasteiger partial charge in [0.2, 0.25) is 0 Å². The molecule has 0 aliphatic carbocycles. The molecule has 0 bridgehead atoms. The highest BCUT2D eigenvalue weighted by atomic mass is 32.1. The number of carbonyl (C=O) groups excluding carboxylic acids is 1. The number of hydrogen-bond donors (Lipinski definition) is 2. The molecule has 2 N–H and O–H groups in total. The SMILES string of the molecule is CCNC(=S)NC(C)C(=O)OC. The van der Waals surface area contributed by atoms with Crippen LogP contribution in [0.5, 0.6) is 0 Å². The summed E-state index contributed by atoms with van der Waals surface area (Å²) < 4.78 is 4.50. The Morgan fingerprint density at radius 1 is 1.67 bits per heavy atom. The second-order valence-electron chi connectivity index (χ2n) is 2.25. The number of nitrogens with one attached hydrogen (secondary N) is 2. The van der Waals surface area contributed by atoms with Gasteiger partial charge < -0.3 is 15.4 Å². The van der Waals surface area contributed by atoms with Gasteiger partial charge in [-0.15, -0.1) is 0 Å². The lowest BCUT2D eigenvalue weighted by molar-refractivity contribution is -0.142. The molecule has 0 aromatic rings. The third-order valence-corrected chi connectivity index (χ3v) is 1.50. The molecule has 0 heterocycles. The first kappa shape index (κ1) is 11.2. The van der Waals surface area contributed by atoms with E-state index in [9.17, 15) is 4.79 Å². The normalized spacial score (nSPS) is 11.6. The molecule has 1 unspecified atom stereocenters. The van der Waals surface area contributed by atoms with E-state index in [1.54, 1.807) is 6.92 Å². The Balaban J connectivity index is 3.75. The van der Waals surface area contributed by atoms with Crippen molar-refractivity contribution in [3.8, 4) is 0 Å². The van der Waals surface area contributed by atoms with Crippen molar-refractivity contribution in [1.82, 2.24) is 10.6 Å². The van der Waals surface area contributed by atoms with Crippen LogP contribution in [0.4, 0.5) is 0 Å². The fraction of sp³-hybridized carbons (Fsp3) is 0.714. The second-order valence-corrected chi connectivity index (χ2v) is 2.66. The van der Waals surface area contributed by atoms with E-state index in [1.165, 1.54) is 7.11 Å². The minimum atomic E-state index is -0.401. The van der Waals surface area contributed by atoms with Gasteiger partial charge in [0.25, 0.3) is 0 Å². The summed E-state index contributed by atoms with van der Waals surface area (Å²) in [4.78, 5) is 10.9. The fourth-order valence-electron chi connectivity index (χ4n) is 0.644. The molecule has 0 fully saturated rings. The van der Waals surface area contributed by atoms with E-state index in [0.29, 0.717) is 5.11 Å². The van der Waals surface area contributed by atoms with Gasteiger partial charge in [-0.05, 0) is 26.1 Å². The molecule has 0 rings (SSSR count). The highest BCUT2D eigenvalue weighted by Crippen LogP contribution is 1.85. The maximum Gasteiger partial charge on any atom is 0.328 e. The molecule has 4 nitrogen and oxygen atoms in total. The van der Waals surface area contributed by atoms with Crippen molar-refractivity contribution in [2.75, 3.05) is 13.7 Å². The Hall–Kier alpha value is -0.840. The minimum Gasteiger partial charge on any atom is -0.467 e. The van der Waals surface area contributed by atoms with Gasteiger partial charge in [-0.3, -0.25) is 0 Å². The van der Waals surface area contributed by atoms with Crippen LogP contribution in [-0.2, 0) is 9.53 Å². The van der Waals surface area contributed by atoms with Crippen LogP contribution in [0.3, 0.4) is 0 Å². The van der Waals surface area contributed by atoms with Crippen LogP contribution in [-0.4, -0.2) is 30.8 Å². The predicted molar refractivity (Wildman–Crippen MR) is 50.9 cm³/mol. The lowest BCUT2D eigenvalue weighted by atomic mass is 10.3.